The number of carbonyl (C=O) groups is 1. The molecule has 19 heavy (non-hydrogen) atoms. The summed E-state index contributed by atoms with van der Waals surface area (Å²) in [5, 5.41) is 2.97. The van der Waals surface area contributed by atoms with Crippen LogP contribution < -0.4 is 5.32 Å². The molecule has 0 aliphatic rings. The lowest BCUT2D eigenvalue weighted by atomic mass is 10.3. The third kappa shape index (κ3) is 5.60. The minimum Gasteiger partial charge on any atom is -0.383 e. The molecule has 0 saturated carbocycles. The fourth-order valence-electron chi connectivity index (χ4n) is 1.33. The number of hydrogen-bond donors (Lipinski definition) is 1. The van der Waals surface area contributed by atoms with Crippen molar-refractivity contribution in [3.05, 3.63) is 24.0 Å². The van der Waals surface area contributed by atoms with Gasteiger partial charge in [0.25, 0.3) is 12.3 Å². The van der Waals surface area contributed by atoms with Crippen molar-refractivity contribution in [3.8, 4) is 0 Å². The molecule has 1 rings (SSSR count). The van der Waals surface area contributed by atoms with Crippen LogP contribution in [0.25, 0.3) is 0 Å². The third-order valence-corrected chi connectivity index (χ3v) is 2.20. The molecule has 1 heterocycles. The molecule has 106 valence electrons. The van der Waals surface area contributed by atoms with Crippen molar-refractivity contribution in [1.82, 2.24) is 9.88 Å². The number of carbonyl (C=O) groups excluding carboxylic acids is 1. The molecule has 0 spiro atoms. The van der Waals surface area contributed by atoms with Crippen LogP contribution in [0, 0.1) is 0 Å². The monoisotopic (exact) mass is 273 g/mol. The van der Waals surface area contributed by atoms with Crippen LogP contribution >= 0.6 is 0 Å². The van der Waals surface area contributed by atoms with E-state index in [1.165, 1.54) is 11.1 Å². The molecule has 0 radical (unpaired) electrons. The van der Waals surface area contributed by atoms with Crippen LogP contribution in [-0.4, -0.2) is 56.1 Å². The fraction of sp³-hybridized carbons (Fsp3) is 0.500. The van der Waals surface area contributed by atoms with Gasteiger partial charge in [0, 0.05) is 32.5 Å². The van der Waals surface area contributed by atoms with E-state index < -0.39 is 13.0 Å². The normalized spacial score (nSPS) is 10.6. The number of anilines is 1. The summed E-state index contributed by atoms with van der Waals surface area (Å²) in [6.45, 7) is -0.0155. The molecule has 0 aliphatic heterocycles. The van der Waals surface area contributed by atoms with E-state index in [2.05, 4.69) is 10.3 Å². The Morgan fingerprint density at radius 2 is 2.26 bits per heavy atom. The second-order valence-electron chi connectivity index (χ2n) is 4.02. The first-order valence-corrected chi connectivity index (χ1v) is 5.78. The second-order valence-corrected chi connectivity index (χ2v) is 4.02. The number of rotatable bonds is 7. The van der Waals surface area contributed by atoms with Gasteiger partial charge in [0.15, 0.2) is 0 Å². The summed E-state index contributed by atoms with van der Waals surface area (Å²) in [6.07, 6.45) is -0.941. The predicted molar refractivity (Wildman–Crippen MR) is 67.6 cm³/mol. The van der Waals surface area contributed by atoms with Crippen LogP contribution in [0.5, 0.6) is 0 Å². The van der Waals surface area contributed by atoms with E-state index in [4.69, 9.17) is 4.74 Å². The molecule has 0 fully saturated rings. The van der Waals surface area contributed by atoms with Gasteiger partial charge in [0.05, 0.1) is 6.61 Å². The summed E-state index contributed by atoms with van der Waals surface area (Å²) in [5.74, 6) is -0.197. The fourth-order valence-corrected chi connectivity index (χ4v) is 1.33. The maximum Gasteiger partial charge on any atom is 0.272 e. The Kier molecular flexibility index (Phi) is 6.14. The van der Waals surface area contributed by atoms with Gasteiger partial charge < -0.3 is 15.0 Å². The standard InChI is InChI=1S/C12H17F2N3O2/c1-17(2)12(18)10-7-9(3-4-16-10)15-5-6-19-8-11(13)14/h3-4,7,11H,5-6,8H2,1-2H3,(H,15,16). The Balaban J connectivity index is 2.42. The summed E-state index contributed by atoms with van der Waals surface area (Å²) < 4.78 is 28.3. The molecular weight excluding hydrogens is 256 g/mol. The van der Waals surface area contributed by atoms with E-state index >= 15 is 0 Å². The van der Waals surface area contributed by atoms with Crippen molar-refractivity contribution >= 4 is 11.6 Å². The van der Waals surface area contributed by atoms with Gasteiger partial charge >= 0.3 is 0 Å². The minimum absolute atomic E-state index is 0.170. The molecule has 0 aliphatic carbocycles. The zero-order valence-electron chi connectivity index (χ0n) is 10.9. The summed E-state index contributed by atoms with van der Waals surface area (Å²) in [6, 6.07) is 3.30. The van der Waals surface area contributed by atoms with Gasteiger partial charge in [-0.3, -0.25) is 9.78 Å². The van der Waals surface area contributed by atoms with Gasteiger partial charge in [-0.1, -0.05) is 0 Å². The molecule has 0 atom stereocenters. The molecular formula is C12H17F2N3O2. The number of alkyl halides is 2. The molecule has 1 amide bonds. The summed E-state index contributed by atoms with van der Waals surface area (Å²) >= 11 is 0. The lowest BCUT2D eigenvalue weighted by Gasteiger charge is -2.11. The number of ether oxygens (including phenoxy) is 1. The van der Waals surface area contributed by atoms with Gasteiger partial charge in [-0.2, -0.15) is 0 Å². The van der Waals surface area contributed by atoms with Crippen LogP contribution in [0.1, 0.15) is 10.5 Å². The van der Waals surface area contributed by atoms with Gasteiger partial charge in [-0.15, -0.1) is 0 Å². The molecule has 5 nitrogen and oxygen atoms in total. The number of hydrogen-bond acceptors (Lipinski definition) is 4. The number of aromatic nitrogens is 1. The summed E-state index contributed by atoms with van der Waals surface area (Å²) in [7, 11) is 3.28. The maximum atomic E-state index is 11.8. The van der Waals surface area contributed by atoms with Gasteiger partial charge in [-0.05, 0) is 12.1 Å². The van der Waals surface area contributed by atoms with Crippen LogP contribution in [0.15, 0.2) is 18.3 Å². The lowest BCUT2D eigenvalue weighted by molar-refractivity contribution is 0.0215. The van der Waals surface area contributed by atoms with Crippen molar-refractivity contribution in [2.45, 2.75) is 6.43 Å². The largest absolute Gasteiger partial charge is 0.383 e. The first-order chi connectivity index (χ1) is 9.00. The van der Waals surface area contributed by atoms with E-state index in [9.17, 15) is 13.6 Å². The highest BCUT2D eigenvalue weighted by Crippen LogP contribution is 2.08. The summed E-state index contributed by atoms with van der Waals surface area (Å²) in [4.78, 5) is 17.1. The Morgan fingerprint density at radius 3 is 2.89 bits per heavy atom. The highest BCUT2D eigenvalue weighted by Gasteiger charge is 2.09. The number of halogens is 2. The highest BCUT2D eigenvalue weighted by atomic mass is 19.3. The Labute approximate surface area is 110 Å². The van der Waals surface area contributed by atoms with Crippen molar-refractivity contribution in [3.63, 3.8) is 0 Å². The first kappa shape index (κ1) is 15.3. The van der Waals surface area contributed by atoms with Crippen molar-refractivity contribution in [2.24, 2.45) is 0 Å². The van der Waals surface area contributed by atoms with Gasteiger partial charge in [0.1, 0.15) is 12.3 Å². The Morgan fingerprint density at radius 1 is 1.53 bits per heavy atom. The lowest BCUT2D eigenvalue weighted by Crippen LogP contribution is -2.23. The van der Waals surface area contributed by atoms with E-state index in [1.54, 1.807) is 26.2 Å². The molecule has 0 bridgehead atoms. The topological polar surface area (TPSA) is 54.5 Å². The van der Waals surface area contributed by atoms with Crippen LogP contribution in [0.2, 0.25) is 0 Å². The molecule has 1 N–H and O–H groups in total. The van der Waals surface area contributed by atoms with E-state index in [-0.39, 0.29) is 12.5 Å². The van der Waals surface area contributed by atoms with Crippen LogP contribution in [-0.2, 0) is 4.74 Å². The Hall–Kier alpha value is -1.76. The summed E-state index contributed by atoms with van der Waals surface area (Å²) in [5.41, 5.74) is 1.02. The highest BCUT2D eigenvalue weighted by molar-refractivity contribution is 5.92. The molecule has 1 aromatic rings. The zero-order valence-corrected chi connectivity index (χ0v) is 10.9. The van der Waals surface area contributed by atoms with E-state index in [0.717, 1.165) is 0 Å². The molecule has 0 unspecified atom stereocenters. The molecule has 1 aromatic heterocycles. The van der Waals surface area contributed by atoms with Gasteiger partial charge in [-0.25, -0.2) is 8.78 Å². The molecule has 7 heteroatoms. The first-order valence-electron chi connectivity index (χ1n) is 5.78. The van der Waals surface area contributed by atoms with E-state index in [0.29, 0.717) is 17.9 Å². The molecule has 0 aromatic carbocycles. The van der Waals surface area contributed by atoms with Gasteiger partial charge in [0.2, 0.25) is 0 Å². The number of nitrogens with zero attached hydrogens (tertiary/aromatic N) is 2. The minimum atomic E-state index is -2.45. The molecule has 0 saturated heterocycles. The number of pyridine rings is 1. The predicted octanol–water partition coefficient (Wildman–Crippen LogP) is 1.48. The van der Waals surface area contributed by atoms with Crippen molar-refractivity contribution < 1.29 is 18.3 Å². The quantitative estimate of drug-likeness (QED) is 0.764. The Bertz CT molecular complexity index is 414. The van der Waals surface area contributed by atoms with Crippen LogP contribution in [0.3, 0.4) is 0 Å². The zero-order chi connectivity index (χ0) is 14.3. The van der Waals surface area contributed by atoms with Crippen LogP contribution in [0.4, 0.5) is 14.5 Å². The van der Waals surface area contributed by atoms with Crippen molar-refractivity contribution in [2.75, 3.05) is 39.2 Å². The SMILES string of the molecule is CN(C)C(=O)c1cc(NCCOCC(F)F)ccn1. The number of nitrogens with one attached hydrogen (secondary N) is 1. The smallest absolute Gasteiger partial charge is 0.272 e. The maximum absolute atomic E-state index is 11.8. The van der Waals surface area contributed by atoms with E-state index in [1.807, 2.05) is 0 Å². The average molecular weight is 273 g/mol. The number of amides is 1. The van der Waals surface area contributed by atoms with Crippen molar-refractivity contribution in [1.29, 1.82) is 0 Å². The second kappa shape index (κ2) is 7.63. The average Bonchev–Trinajstić information content (AvgIpc) is 2.37. The third-order valence-electron chi connectivity index (χ3n) is 2.20.